The number of phosphoric ester groups is 1. The van der Waals surface area contributed by atoms with Crippen LogP contribution in [0, 0.1) is 0 Å². The van der Waals surface area contributed by atoms with E-state index in [4.69, 9.17) is 18.5 Å². The molecule has 0 radical (unpaired) electrons. The number of hydrogen-bond acceptors (Lipinski definition) is 7. The second kappa shape index (κ2) is 39.3. The average molecular weight is 796 g/mol. The number of hydrogen-bond donors (Lipinski definition) is 0. The third-order valence-corrected chi connectivity index (χ3v) is 10.3. The van der Waals surface area contributed by atoms with Gasteiger partial charge in [0, 0.05) is 13.0 Å². The van der Waals surface area contributed by atoms with Gasteiger partial charge < -0.3 is 27.9 Å². The van der Waals surface area contributed by atoms with Crippen LogP contribution in [0.4, 0.5) is 0 Å². The van der Waals surface area contributed by atoms with Crippen LogP contribution in [0.5, 0.6) is 0 Å². The highest BCUT2D eigenvalue weighted by Gasteiger charge is 2.20. The van der Waals surface area contributed by atoms with E-state index in [2.05, 4.69) is 62.5 Å². The van der Waals surface area contributed by atoms with E-state index >= 15 is 0 Å². The maximum atomic E-state index is 12.7. The highest BCUT2D eigenvalue weighted by atomic mass is 31.2. The summed E-state index contributed by atoms with van der Waals surface area (Å²) < 4.78 is 34.6. The van der Waals surface area contributed by atoms with Crippen molar-refractivity contribution >= 4 is 13.8 Å². The Morgan fingerprint density at radius 1 is 0.564 bits per heavy atom. The van der Waals surface area contributed by atoms with Crippen molar-refractivity contribution in [1.82, 2.24) is 0 Å². The first-order valence-electron chi connectivity index (χ1n) is 22.4. The van der Waals surface area contributed by atoms with Gasteiger partial charge in [-0.3, -0.25) is 9.36 Å². The molecule has 0 fully saturated rings. The second-order valence-electron chi connectivity index (χ2n) is 16.0. The van der Waals surface area contributed by atoms with Crippen molar-refractivity contribution in [3.8, 4) is 0 Å². The number of unbranched alkanes of at least 4 members (excludes halogenated alkanes) is 19. The van der Waals surface area contributed by atoms with Crippen LogP contribution in [0.3, 0.4) is 0 Å². The molecule has 2 atom stereocenters. The zero-order valence-corrected chi connectivity index (χ0v) is 37.3. The molecule has 0 aliphatic carbocycles. The second-order valence-corrected chi connectivity index (χ2v) is 17.5. The molecule has 0 aromatic heterocycles. The van der Waals surface area contributed by atoms with Crippen LogP contribution in [0.1, 0.15) is 181 Å². The largest absolute Gasteiger partial charge is 0.756 e. The van der Waals surface area contributed by atoms with Gasteiger partial charge in [-0.05, 0) is 77.0 Å². The minimum absolute atomic E-state index is 0.0208. The molecular weight excluding hydrogens is 709 g/mol. The molecule has 0 saturated heterocycles. The number of allylic oxidation sites excluding steroid dienone is 8. The summed E-state index contributed by atoms with van der Waals surface area (Å²) in [5, 5.41) is 0. The van der Waals surface area contributed by atoms with E-state index in [1.807, 2.05) is 21.1 Å². The molecule has 0 heterocycles. The third kappa shape index (κ3) is 43.4. The van der Waals surface area contributed by atoms with Crippen LogP contribution < -0.4 is 4.89 Å². The summed E-state index contributed by atoms with van der Waals surface area (Å²) in [6.45, 7) is 5.32. The van der Waals surface area contributed by atoms with Crippen molar-refractivity contribution in [3.63, 3.8) is 0 Å². The van der Waals surface area contributed by atoms with E-state index < -0.39 is 13.9 Å². The number of quaternary nitrogens is 1. The topological polar surface area (TPSA) is 94.1 Å². The lowest BCUT2D eigenvalue weighted by atomic mass is 10.1. The average Bonchev–Trinajstić information content (AvgIpc) is 3.13. The Hall–Kier alpha value is -1.54. The quantitative estimate of drug-likeness (QED) is 0.0200. The zero-order valence-electron chi connectivity index (χ0n) is 36.4. The van der Waals surface area contributed by atoms with Crippen molar-refractivity contribution in [2.75, 3.05) is 54.1 Å². The molecule has 0 amide bonds. The van der Waals surface area contributed by atoms with Gasteiger partial charge in [0.25, 0.3) is 7.82 Å². The highest BCUT2D eigenvalue weighted by molar-refractivity contribution is 7.45. The van der Waals surface area contributed by atoms with Crippen LogP contribution in [-0.2, 0) is 27.9 Å². The molecule has 0 N–H and O–H groups in total. The molecule has 55 heavy (non-hydrogen) atoms. The zero-order chi connectivity index (χ0) is 40.6. The molecule has 0 saturated carbocycles. The monoisotopic (exact) mass is 796 g/mol. The van der Waals surface area contributed by atoms with E-state index in [0.29, 0.717) is 24.1 Å². The van der Waals surface area contributed by atoms with E-state index in [0.717, 1.165) is 64.2 Å². The fourth-order valence-corrected chi connectivity index (χ4v) is 6.57. The summed E-state index contributed by atoms with van der Waals surface area (Å²) in [5.41, 5.74) is 0. The van der Waals surface area contributed by atoms with Gasteiger partial charge in [0.05, 0.1) is 34.4 Å². The lowest BCUT2D eigenvalue weighted by Crippen LogP contribution is -2.37. The highest BCUT2D eigenvalue weighted by Crippen LogP contribution is 2.38. The summed E-state index contributed by atoms with van der Waals surface area (Å²) in [4.78, 5) is 25.1. The first-order valence-corrected chi connectivity index (χ1v) is 23.8. The lowest BCUT2D eigenvalue weighted by Gasteiger charge is -2.28. The van der Waals surface area contributed by atoms with Crippen molar-refractivity contribution in [3.05, 3.63) is 48.6 Å². The van der Waals surface area contributed by atoms with Crippen LogP contribution in [0.15, 0.2) is 48.6 Å². The van der Waals surface area contributed by atoms with E-state index in [-0.39, 0.29) is 25.8 Å². The van der Waals surface area contributed by atoms with E-state index in [9.17, 15) is 14.3 Å². The van der Waals surface area contributed by atoms with Crippen molar-refractivity contribution in [2.45, 2.75) is 187 Å². The smallest absolute Gasteiger partial charge is 0.306 e. The van der Waals surface area contributed by atoms with Gasteiger partial charge in [-0.1, -0.05) is 146 Å². The standard InChI is InChI=1S/C46H86NO7P/c1-6-8-10-12-14-16-18-20-22-24-25-27-29-31-33-35-37-39-46(48)54-45(44-53-55(49,50)52-42-40-47(3,4)5)43-51-41-38-36-34-32-30-28-26-23-21-19-17-15-13-11-9-7-2/h14-17,20-23,45H,6-13,18-19,24-44H2,1-5H3/b16-14-,17-15-,22-20-,23-21-. The summed E-state index contributed by atoms with van der Waals surface area (Å²) in [5.74, 6) is -0.347. The lowest BCUT2D eigenvalue weighted by molar-refractivity contribution is -0.870. The van der Waals surface area contributed by atoms with Crippen LogP contribution >= 0.6 is 7.82 Å². The van der Waals surface area contributed by atoms with Crippen LogP contribution in [-0.4, -0.2) is 70.7 Å². The SMILES string of the molecule is CCCCC/C=C\C/C=C\CCCCCCCCCC(=O)OC(COCCCCCCCC/C=C\C/C=C\CCCCC)COP(=O)([O-])OCC[N+](C)(C)C. The number of phosphoric acid groups is 1. The van der Waals surface area contributed by atoms with Crippen molar-refractivity contribution in [1.29, 1.82) is 0 Å². The first kappa shape index (κ1) is 53.5. The predicted octanol–water partition coefficient (Wildman–Crippen LogP) is 12.5. The molecule has 0 aromatic rings. The molecule has 0 aliphatic rings. The molecule has 0 spiro atoms. The normalized spacial score (nSPS) is 14.2. The minimum Gasteiger partial charge on any atom is -0.756 e. The molecule has 322 valence electrons. The maximum Gasteiger partial charge on any atom is 0.306 e. The van der Waals surface area contributed by atoms with Gasteiger partial charge in [-0.15, -0.1) is 0 Å². The van der Waals surface area contributed by atoms with Gasteiger partial charge in [0.1, 0.15) is 19.3 Å². The molecule has 8 nitrogen and oxygen atoms in total. The number of carbonyl (C=O) groups excluding carboxylic acids is 1. The number of carbonyl (C=O) groups is 1. The molecular formula is C46H86NO7P. The Morgan fingerprint density at radius 3 is 1.47 bits per heavy atom. The summed E-state index contributed by atoms with van der Waals surface area (Å²) in [7, 11) is 1.34. The predicted molar refractivity (Wildman–Crippen MR) is 231 cm³/mol. The Labute approximate surface area is 339 Å². The molecule has 0 bridgehead atoms. The molecule has 0 aromatic carbocycles. The fourth-order valence-electron chi connectivity index (χ4n) is 5.84. The summed E-state index contributed by atoms with van der Waals surface area (Å²) in [6, 6.07) is 0. The Kier molecular flexibility index (Phi) is 38.2. The van der Waals surface area contributed by atoms with E-state index in [1.54, 1.807) is 0 Å². The fraction of sp³-hybridized carbons (Fsp3) is 0.804. The van der Waals surface area contributed by atoms with Gasteiger partial charge in [-0.25, -0.2) is 0 Å². The van der Waals surface area contributed by atoms with E-state index in [1.165, 1.54) is 96.3 Å². The van der Waals surface area contributed by atoms with Crippen molar-refractivity contribution in [2.24, 2.45) is 0 Å². The minimum atomic E-state index is -4.53. The molecule has 0 rings (SSSR count). The molecule has 2 unspecified atom stereocenters. The van der Waals surface area contributed by atoms with Crippen LogP contribution in [0.2, 0.25) is 0 Å². The maximum absolute atomic E-state index is 12.7. The number of ether oxygens (including phenoxy) is 2. The number of nitrogens with zero attached hydrogens (tertiary/aromatic N) is 1. The third-order valence-electron chi connectivity index (χ3n) is 9.35. The number of esters is 1. The van der Waals surface area contributed by atoms with Gasteiger partial charge in [-0.2, -0.15) is 0 Å². The Balaban J connectivity index is 4.27. The van der Waals surface area contributed by atoms with Gasteiger partial charge in [0.15, 0.2) is 0 Å². The number of rotatable bonds is 41. The number of likely N-dealkylation sites (N-methyl/N-ethyl adjacent to an activating group) is 1. The van der Waals surface area contributed by atoms with Gasteiger partial charge in [0.2, 0.25) is 0 Å². The summed E-state index contributed by atoms with van der Waals surface area (Å²) >= 11 is 0. The van der Waals surface area contributed by atoms with Crippen molar-refractivity contribution < 1.29 is 37.3 Å². The van der Waals surface area contributed by atoms with Gasteiger partial charge >= 0.3 is 5.97 Å². The Morgan fingerprint density at radius 2 is 1.00 bits per heavy atom. The molecule has 0 aliphatic heterocycles. The Bertz CT molecular complexity index is 1020. The molecule has 9 heteroatoms. The summed E-state index contributed by atoms with van der Waals surface area (Å²) in [6.07, 6.45) is 46.8. The first-order chi connectivity index (χ1) is 26.6. The van der Waals surface area contributed by atoms with Crippen LogP contribution in [0.25, 0.3) is 0 Å².